The number of hydroxylamine groups is 4. The maximum atomic E-state index is 12.7. The fraction of sp³-hybridized carbons (Fsp3) is 0.700. The SMILES string of the molecule is CC(C(=O)ON1C(=O)CCC1=O)[N+]12CC[N+](C(C)C(=O)ON3C(=O)CCC3=O)(CC1)CC2. The lowest BCUT2D eigenvalue weighted by Crippen LogP contribution is -2.80. The van der Waals surface area contributed by atoms with Crippen molar-refractivity contribution in [1.29, 1.82) is 0 Å². The van der Waals surface area contributed by atoms with Gasteiger partial charge in [-0.3, -0.25) is 28.1 Å². The highest BCUT2D eigenvalue weighted by atomic mass is 16.7. The molecular weight excluding hydrogens is 424 g/mol. The number of nitrogens with zero attached hydrogens (tertiary/aromatic N) is 4. The van der Waals surface area contributed by atoms with Crippen LogP contribution in [0, 0.1) is 0 Å². The molecule has 0 saturated carbocycles. The largest absolute Gasteiger partial charge is 0.390 e. The average molecular weight is 452 g/mol. The second kappa shape index (κ2) is 7.93. The molecule has 5 saturated heterocycles. The van der Waals surface area contributed by atoms with Gasteiger partial charge in [-0.2, -0.15) is 0 Å². The van der Waals surface area contributed by atoms with Gasteiger partial charge in [-0.15, -0.1) is 10.1 Å². The van der Waals surface area contributed by atoms with E-state index in [0.29, 0.717) is 58.4 Å². The van der Waals surface area contributed by atoms with Gasteiger partial charge >= 0.3 is 11.9 Å². The Hall–Kier alpha value is -2.86. The molecule has 0 aliphatic carbocycles. The first-order valence-electron chi connectivity index (χ1n) is 11.0. The molecule has 5 aliphatic heterocycles. The number of fused-ring (bicyclic) bond motifs is 3. The van der Waals surface area contributed by atoms with E-state index in [-0.39, 0.29) is 25.7 Å². The van der Waals surface area contributed by atoms with E-state index in [1.165, 1.54) is 0 Å². The second-order valence-corrected chi connectivity index (χ2v) is 9.12. The van der Waals surface area contributed by atoms with Crippen LogP contribution in [0.5, 0.6) is 0 Å². The maximum absolute atomic E-state index is 12.7. The lowest BCUT2D eigenvalue weighted by molar-refractivity contribution is -1.09. The van der Waals surface area contributed by atoms with E-state index in [1.807, 2.05) is 0 Å². The van der Waals surface area contributed by atoms with Crippen molar-refractivity contribution in [3.05, 3.63) is 0 Å². The minimum atomic E-state index is -0.617. The van der Waals surface area contributed by atoms with Crippen molar-refractivity contribution in [3.63, 3.8) is 0 Å². The number of quaternary nitrogens is 2. The number of carbonyl (C=O) groups excluding carboxylic acids is 6. The van der Waals surface area contributed by atoms with Crippen LogP contribution in [0.1, 0.15) is 39.5 Å². The molecule has 5 heterocycles. The molecule has 5 aliphatic rings. The van der Waals surface area contributed by atoms with Crippen molar-refractivity contribution in [2.24, 2.45) is 0 Å². The van der Waals surface area contributed by atoms with Gasteiger partial charge in [0.05, 0.1) is 0 Å². The summed E-state index contributed by atoms with van der Waals surface area (Å²) in [5.74, 6) is -3.27. The number of piperazine rings is 3. The van der Waals surface area contributed by atoms with Crippen molar-refractivity contribution in [1.82, 2.24) is 10.1 Å². The van der Waals surface area contributed by atoms with Crippen LogP contribution in [0.25, 0.3) is 0 Å². The molecule has 2 atom stereocenters. The van der Waals surface area contributed by atoms with Gasteiger partial charge in [-0.05, 0) is 13.8 Å². The number of carbonyl (C=O) groups is 6. The molecule has 0 aromatic rings. The van der Waals surface area contributed by atoms with Crippen LogP contribution in [0.2, 0.25) is 0 Å². The minimum Gasteiger partial charge on any atom is -0.324 e. The normalized spacial score (nSPS) is 31.8. The zero-order valence-corrected chi connectivity index (χ0v) is 18.3. The maximum Gasteiger partial charge on any atom is 0.390 e. The van der Waals surface area contributed by atoms with E-state index in [1.54, 1.807) is 13.8 Å². The number of rotatable bonds is 6. The summed E-state index contributed by atoms with van der Waals surface area (Å²) < 4.78 is 0.917. The lowest BCUT2D eigenvalue weighted by Gasteiger charge is -2.58. The van der Waals surface area contributed by atoms with Crippen molar-refractivity contribution < 1.29 is 47.4 Å². The summed E-state index contributed by atoms with van der Waals surface area (Å²) in [4.78, 5) is 82.7. The molecule has 5 fully saturated rings. The molecule has 2 bridgehead atoms. The van der Waals surface area contributed by atoms with E-state index in [2.05, 4.69) is 0 Å². The molecule has 4 amide bonds. The molecule has 0 aromatic heterocycles. The smallest absolute Gasteiger partial charge is 0.324 e. The third-order valence-corrected chi connectivity index (χ3v) is 7.67. The van der Waals surface area contributed by atoms with Crippen LogP contribution in [0.4, 0.5) is 0 Å². The van der Waals surface area contributed by atoms with E-state index >= 15 is 0 Å². The molecule has 0 spiro atoms. The summed E-state index contributed by atoms with van der Waals surface area (Å²) in [5.41, 5.74) is 0. The van der Waals surface area contributed by atoms with Gasteiger partial charge in [0.1, 0.15) is 39.3 Å². The molecule has 0 N–H and O–H groups in total. The van der Waals surface area contributed by atoms with Crippen molar-refractivity contribution >= 4 is 35.6 Å². The zero-order chi connectivity index (χ0) is 23.3. The fourth-order valence-corrected chi connectivity index (χ4v) is 5.12. The zero-order valence-electron chi connectivity index (χ0n) is 18.3. The highest BCUT2D eigenvalue weighted by Crippen LogP contribution is 2.33. The summed E-state index contributed by atoms with van der Waals surface area (Å²) >= 11 is 0. The Kier molecular flexibility index (Phi) is 5.53. The summed E-state index contributed by atoms with van der Waals surface area (Å²) in [5, 5.41) is 1.15. The van der Waals surface area contributed by atoms with Gasteiger partial charge in [-0.25, -0.2) is 9.59 Å². The summed E-state index contributed by atoms with van der Waals surface area (Å²) in [6, 6.07) is -1.14. The molecule has 2 unspecified atom stereocenters. The van der Waals surface area contributed by atoms with Crippen molar-refractivity contribution in [2.75, 3.05) is 39.3 Å². The Balaban J connectivity index is 1.38. The first-order chi connectivity index (χ1) is 15.1. The third-order valence-electron chi connectivity index (χ3n) is 7.67. The number of hydrogen-bond acceptors (Lipinski definition) is 8. The number of imide groups is 2. The Bertz CT molecular complexity index is 774. The highest BCUT2D eigenvalue weighted by Gasteiger charge is 2.57. The summed E-state index contributed by atoms with van der Waals surface area (Å²) in [7, 11) is 0. The van der Waals surface area contributed by atoms with Gasteiger partial charge in [0.15, 0.2) is 12.1 Å². The van der Waals surface area contributed by atoms with E-state index < -0.39 is 47.7 Å². The quantitative estimate of drug-likeness (QED) is 0.357. The third kappa shape index (κ3) is 3.56. The molecule has 12 nitrogen and oxygen atoms in total. The van der Waals surface area contributed by atoms with Crippen LogP contribution < -0.4 is 0 Å². The second-order valence-electron chi connectivity index (χ2n) is 9.12. The van der Waals surface area contributed by atoms with Gasteiger partial charge in [0.25, 0.3) is 23.6 Å². The number of hydrogen-bond donors (Lipinski definition) is 0. The van der Waals surface area contributed by atoms with Gasteiger partial charge < -0.3 is 9.68 Å². The average Bonchev–Trinajstić information content (AvgIpc) is 3.29. The first kappa shape index (κ1) is 22.3. The predicted molar refractivity (Wildman–Crippen MR) is 103 cm³/mol. The minimum absolute atomic E-state index is 0.0447. The van der Waals surface area contributed by atoms with E-state index in [0.717, 1.165) is 0 Å². The number of amides is 4. The van der Waals surface area contributed by atoms with Crippen molar-refractivity contribution in [3.8, 4) is 0 Å². The Morgan fingerprint density at radius 2 is 0.875 bits per heavy atom. The highest BCUT2D eigenvalue weighted by molar-refractivity contribution is 6.02. The molecular formula is C20H28N4O8+2. The summed E-state index contributed by atoms with van der Waals surface area (Å²) in [6.07, 6.45) is 0.179. The van der Waals surface area contributed by atoms with Crippen LogP contribution in [0.3, 0.4) is 0 Å². The monoisotopic (exact) mass is 452 g/mol. The fourth-order valence-electron chi connectivity index (χ4n) is 5.12. The standard InChI is InChI=1S/C20H28N4O8/c1-13(19(29)31-21-15(25)3-4-16(21)26)23-7-10-24(11-8-23,12-9-23)14(2)20(30)32-22-17(27)5-6-18(22)28/h13-14H,3-12H2,1-2H3/q+2. The Labute approximate surface area is 184 Å². The molecule has 0 radical (unpaired) electrons. The summed E-state index contributed by atoms with van der Waals surface area (Å²) in [6.45, 7) is 7.13. The Morgan fingerprint density at radius 1 is 0.625 bits per heavy atom. The molecule has 12 heteroatoms. The van der Waals surface area contributed by atoms with E-state index in [9.17, 15) is 28.8 Å². The van der Waals surface area contributed by atoms with Crippen LogP contribution in [0.15, 0.2) is 0 Å². The van der Waals surface area contributed by atoms with Gasteiger partial charge in [-0.1, -0.05) is 0 Å². The molecule has 174 valence electrons. The van der Waals surface area contributed by atoms with Crippen molar-refractivity contribution in [2.45, 2.75) is 51.6 Å². The molecule has 5 rings (SSSR count). The Morgan fingerprint density at radius 3 is 1.12 bits per heavy atom. The molecule has 32 heavy (non-hydrogen) atoms. The van der Waals surface area contributed by atoms with Crippen LogP contribution >= 0.6 is 0 Å². The topological polar surface area (TPSA) is 127 Å². The van der Waals surface area contributed by atoms with E-state index in [4.69, 9.17) is 9.68 Å². The first-order valence-corrected chi connectivity index (χ1v) is 11.0. The predicted octanol–water partition coefficient (Wildman–Crippen LogP) is -1.36. The van der Waals surface area contributed by atoms with Gasteiger partial charge in [0, 0.05) is 25.7 Å². The van der Waals surface area contributed by atoms with Gasteiger partial charge in [0.2, 0.25) is 0 Å². The lowest BCUT2D eigenvalue weighted by atomic mass is 10.00. The van der Waals surface area contributed by atoms with Crippen LogP contribution in [-0.2, 0) is 38.4 Å². The van der Waals surface area contributed by atoms with Crippen LogP contribution in [-0.4, -0.2) is 106 Å². The molecule has 0 aromatic carbocycles.